The van der Waals surface area contributed by atoms with Gasteiger partial charge in [-0.15, -0.1) is 0 Å². The molecule has 5 rings (SSSR count). The number of aromatic nitrogens is 4. The molecule has 0 atom stereocenters. The molecule has 4 aromatic rings. The molecule has 0 unspecified atom stereocenters. The lowest BCUT2D eigenvalue weighted by Crippen LogP contribution is -2.50. The fourth-order valence-corrected chi connectivity index (χ4v) is 4.17. The fourth-order valence-electron chi connectivity index (χ4n) is 4.17. The minimum absolute atomic E-state index is 0.0106. The zero-order valence-electron chi connectivity index (χ0n) is 19.3. The van der Waals surface area contributed by atoms with Crippen LogP contribution in [0.25, 0.3) is 22.6 Å². The molecule has 0 bridgehead atoms. The van der Waals surface area contributed by atoms with Gasteiger partial charge in [0.15, 0.2) is 11.6 Å². The number of amides is 1. The van der Waals surface area contributed by atoms with E-state index in [4.69, 9.17) is 9.72 Å². The number of nitrogens with zero attached hydrogens (tertiary/aromatic N) is 6. The van der Waals surface area contributed by atoms with Gasteiger partial charge in [0.2, 0.25) is 11.9 Å². The van der Waals surface area contributed by atoms with Gasteiger partial charge in [0, 0.05) is 55.9 Å². The molecule has 2 aromatic heterocycles. The first-order valence-electron chi connectivity index (χ1n) is 11.4. The minimum Gasteiger partial charge on any atom is -0.494 e. The molecule has 2 aromatic carbocycles. The van der Waals surface area contributed by atoms with Crippen molar-refractivity contribution < 1.29 is 13.9 Å². The predicted molar refractivity (Wildman–Crippen MR) is 130 cm³/mol. The third-order valence-electron chi connectivity index (χ3n) is 6.03. The summed E-state index contributed by atoms with van der Waals surface area (Å²) in [6, 6.07) is 16.1. The highest BCUT2D eigenvalue weighted by Gasteiger charge is 2.24. The highest BCUT2D eigenvalue weighted by atomic mass is 19.1. The minimum atomic E-state index is -0.436. The summed E-state index contributed by atoms with van der Waals surface area (Å²) in [5.41, 5.74) is 2.25. The van der Waals surface area contributed by atoms with E-state index in [1.807, 2.05) is 46.0 Å². The molecular formula is C26H25FN6O2. The predicted octanol–water partition coefficient (Wildman–Crippen LogP) is 3.50. The lowest BCUT2D eigenvalue weighted by molar-refractivity contribution is -0.132. The average Bonchev–Trinajstić information content (AvgIpc) is 3.33. The van der Waals surface area contributed by atoms with Gasteiger partial charge in [-0.3, -0.25) is 4.79 Å². The zero-order valence-corrected chi connectivity index (χ0v) is 19.3. The van der Waals surface area contributed by atoms with Crippen molar-refractivity contribution in [3.05, 3.63) is 79.0 Å². The van der Waals surface area contributed by atoms with E-state index in [9.17, 15) is 9.18 Å². The number of ether oxygens (including phenoxy) is 1. The van der Waals surface area contributed by atoms with E-state index < -0.39 is 5.82 Å². The molecule has 0 saturated carbocycles. The van der Waals surface area contributed by atoms with Crippen LogP contribution in [-0.4, -0.2) is 63.6 Å². The molecule has 0 radical (unpaired) electrons. The van der Waals surface area contributed by atoms with Gasteiger partial charge in [-0.2, -0.15) is 0 Å². The maximum absolute atomic E-state index is 13.9. The second-order valence-electron chi connectivity index (χ2n) is 8.21. The van der Waals surface area contributed by atoms with E-state index in [1.54, 1.807) is 30.6 Å². The summed E-state index contributed by atoms with van der Waals surface area (Å²) in [5, 5.41) is 0. The number of anilines is 1. The Hall–Kier alpha value is -4.27. The summed E-state index contributed by atoms with van der Waals surface area (Å²) < 4.78 is 20.9. The second kappa shape index (κ2) is 9.92. The number of hydrogen-bond donors (Lipinski definition) is 0. The molecular weight excluding hydrogens is 447 g/mol. The van der Waals surface area contributed by atoms with Gasteiger partial charge in [0.25, 0.3) is 0 Å². The van der Waals surface area contributed by atoms with Crippen molar-refractivity contribution in [1.29, 1.82) is 0 Å². The number of imidazole rings is 1. The second-order valence-corrected chi connectivity index (χ2v) is 8.21. The van der Waals surface area contributed by atoms with Crippen LogP contribution >= 0.6 is 0 Å². The largest absolute Gasteiger partial charge is 0.494 e. The summed E-state index contributed by atoms with van der Waals surface area (Å²) in [6.45, 7) is 2.68. The van der Waals surface area contributed by atoms with Crippen LogP contribution in [0.2, 0.25) is 0 Å². The molecule has 0 aliphatic carbocycles. The normalized spacial score (nSPS) is 13.7. The van der Waals surface area contributed by atoms with Gasteiger partial charge >= 0.3 is 0 Å². The van der Waals surface area contributed by atoms with Gasteiger partial charge < -0.3 is 19.1 Å². The Kier molecular flexibility index (Phi) is 6.38. The Morgan fingerprint density at radius 3 is 2.43 bits per heavy atom. The number of carbonyl (C=O) groups is 1. The van der Waals surface area contributed by atoms with Crippen molar-refractivity contribution in [3.63, 3.8) is 0 Å². The van der Waals surface area contributed by atoms with Gasteiger partial charge in [0.05, 0.1) is 12.8 Å². The third-order valence-corrected chi connectivity index (χ3v) is 6.03. The van der Waals surface area contributed by atoms with Crippen molar-refractivity contribution in [3.8, 4) is 28.4 Å². The molecule has 1 amide bonds. The summed E-state index contributed by atoms with van der Waals surface area (Å²) in [6.07, 6.45) is 5.28. The van der Waals surface area contributed by atoms with Crippen molar-refractivity contribution in [2.45, 2.75) is 6.54 Å². The Morgan fingerprint density at radius 2 is 1.71 bits per heavy atom. The highest BCUT2D eigenvalue weighted by molar-refractivity contribution is 5.78. The van der Waals surface area contributed by atoms with Crippen molar-refractivity contribution in [2.75, 3.05) is 38.2 Å². The topological polar surface area (TPSA) is 76.4 Å². The van der Waals surface area contributed by atoms with Crippen LogP contribution in [0, 0.1) is 5.82 Å². The molecule has 1 aliphatic rings. The number of methoxy groups -OCH3 is 1. The molecule has 8 nitrogen and oxygen atoms in total. The lowest BCUT2D eigenvalue weighted by atomic mass is 10.1. The third kappa shape index (κ3) is 4.84. The molecule has 178 valence electrons. The summed E-state index contributed by atoms with van der Waals surface area (Å²) in [5.74, 6) is 1.08. The first kappa shape index (κ1) is 22.5. The highest BCUT2D eigenvalue weighted by Crippen LogP contribution is 2.29. The first-order valence-corrected chi connectivity index (χ1v) is 11.4. The standard InChI is InChI=1S/C26H25FN6O2/c1-35-23-16-20(8-9-21(23)27)22-17-33(25(30-22)19-6-3-2-4-7-19)18-24(34)31-12-14-32(15-13-31)26-28-10-5-11-29-26/h2-11,16-17H,12-15,18H2,1H3. The Bertz CT molecular complexity index is 1300. The molecule has 0 spiro atoms. The lowest BCUT2D eigenvalue weighted by Gasteiger charge is -2.34. The quantitative estimate of drug-likeness (QED) is 0.428. The molecule has 0 N–H and O–H groups in total. The van der Waals surface area contributed by atoms with E-state index in [0.717, 1.165) is 5.56 Å². The van der Waals surface area contributed by atoms with Crippen LogP contribution < -0.4 is 9.64 Å². The molecule has 3 heterocycles. The number of halogens is 1. The molecule has 9 heteroatoms. The van der Waals surface area contributed by atoms with Crippen molar-refractivity contribution in [2.24, 2.45) is 0 Å². The zero-order chi connectivity index (χ0) is 24.2. The maximum atomic E-state index is 13.9. The average molecular weight is 473 g/mol. The van der Waals surface area contributed by atoms with Crippen LogP contribution in [0.5, 0.6) is 5.75 Å². The molecule has 1 aliphatic heterocycles. The number of rotatable bonds is 6. The van der Waals surface area contributed by atoms with E-state index in [2.05, 4.69) is 14.9 Å². The van der Waals surface area contributed by atoms with E-state index in [1.165, 1.54) is 13.2 Å². The monoisotopic (exact) mass is 472 g/mol. The first-order chi connectivity index (χ1) is 17.1. The van der Waals surface area contributed by atoms with Crippen LogP contribution in [0.4, 0.5) is 10.3 Å². The van der Waals surface area contributed by atoms with Crippen LogP contribution in [0.1, 0.15) is 0 Å². The van der Waals surface area contributed by atoms with Gasteiger partial charge in [0.1, 0.15) is 12.4 Å². The summed E-state index contributed by atoms with van der Waals surface area (Å²) in [7, 11) is 1.43. The number of benzene rings is 2. The number of carbonyl (C=O) groups excluding carboxylic acids is 1. The van der Waals surface area contributed by atoms with Crippen molar-refractivity contribution >= 4 is 11.9 Å². The number of hydrogen-bond acceptors (Lipinski definition) is 6. The molecule has 1 fully saturated rings. The Labute approximate surface area is 202 Å². The smallest absolute Gasteiger partial charge is 0.242 e. The number of piperazine rings is 1. The Balaban J connectivity index is 1.37. The maximum Gasteiger partial charge on any atom is 0.242 e. The fraction of sp³-hybridized carbons (Fsp3) is 0.231. The SMILES string of the molecule is COc1cc(-c2cn(CC(=O)N3CCN(c4ncccn4)CC3)c(-c3ccccc3)n2)ccc1F. The van der Waals surface area contributed by atoms with Crippen LogP contribution in [0.15, 0.2) is 73.2 Å². The summed E-state index contributed by atoms with van der Waals surface area (Å²) >= 11 is 0. The van der Waals surface area contributed by atoms with E-state index in [-0.39, 0.29) is 18.2 Å². The van der Waals surface area contributed by atoms with Crippen LogP contribution in [0.3, 0.4) is 0 Å². The van der Waals surface area contributed by atoms with Crippen molar-refractivity contribution in [1.82, 2.24) is 24.4 Å². The van der Waals surface area contributed by atoms with Gasteiger partial charge in [-0.05, 0) is 24.3 Å². The Morgan fingerprint density at radius 1 is 0.971 bits per heavy atom. The van der Waals surface area contributed by atoms with E-state index >= 15 is 0 Å². The van der Waals surface area contributed by atoms with E-state index in [0.29, 0.717) is 49.2 Å². The molecule has 1 saturated heterocycles. The van der Waals surface area contributed by atoms with Gasteiger partial charge in [-0.1, -0.05) is 30.3 Å². The summed E-state index contributed by atoms with van der Waals surface area (Å²) in [4.78, 5) is 30.6. The van der Waals surface area contributed by atoms with Crippen LogP contribution in [-0.2, 0) is 11.3 Å². The molecule has 35 heavy (non-hydrogen) atoms. The van der Waals surface area contributed by atoms with Gasteiger partial charge in [-0.25, -0.2) is 19.3 Å².